The number of unbranched alkanes of at least 4 members (excludes halogenated alkanes) is 1. The van der Waals surface area contributed by atoms with Crippen molar-refractivity contribution < 1.29 is 37.1 Å². The number of carboxylic acids is 1. The fraction of sp³-hybridized carbons (Fsp3) is 0.571. The summed E-state index contributed by atoms with van der Waals surface area (Å²) in [7, 11) is 0. The molecule has 2 aliphatic carbocycles. The number of hydrogen-bond donors (Lipinski definition) is 2. The molecule has 1 aliphatic heterocycles. The van der Waals surface area contributed by atoms with Crippen molar-refractivity contribution in [2.24, 2.45) is 5.41 Å². The topological polar surface area (TPSA) is 127 Å². The van der Waals surface area contributed by atoms with Crippen LogP contribution < -0.4 is 5.32 Å². The van der Waals surface area contributed by atoms with Gasteiger partial charge in [0.2, 0.25) is 11.8 Å². The molecule has 1 spiro atoms. The van der Waals surface area contributed by atoms with Crippen LogP contribution in [0.15, 0.2) is 34.9 Å². The maximum atomic E-state index is 13.6. The van der Waals surface area contributed by atoms with Gasteiger partial charge in [-0.05, 0) is 62.3 Å². The van der Waals surface area contributed by atoms with Crippen molar-refractivity contribution in [2.75, 3.05) is 26.2 Å². The summed E-state index contributed by atoms with van der Waals surface area (Å²) in [5, 5.41) is 20.2. The first-order valence-electron chi connectivity index (χ1n) is 13.5. The van der Waals surface area contributed by atoms with Gasteiger partial charge in [-0.25, -0.2) is 4.79 Å². The zero-order chi connectivity index (χ0) is 28.9. The van der Waals surface area contributed by atoms with Gasteiger partial charge in [0.05, 0.1) is 12.3 Å². The summed E-state index contributed by atoms with van der Waals surface area (Å²) < 4.78 is 37.3. The van der Waals surface area contributed by atoms with Crippen LogP contribution in [0.3, 0.4) is 0 Å². The molecular weight excluding hydrogens is 529 g/mol. The van der Waals surface area contributed by atoms with Crippen LogP contribution in [-0.4, -0.2) is 71.1 Å². The molecule has 0 bridgehead atoms. The second-order valence-electron chi connectivity index (χ2n) is 10.9. The van der Waals surface area contributed by atoms with Gasteiger partial charge in [0, 0.05) is 55.9 Å². The summed E-state index contributed by atoms with van der Waals surface area (Å²) in [6.07, 6.45) is 3.49. The van der Waals surface area contributed by atoms with E-state index in [1.807, 2.05) is 23.1 Å². The van der Waals surface area contributed by atoms with Gasteiger partial charge in [-0.1, -0.05) is 6.07 Å². The van der Waals surface area contributed by atoms with E-state index in [4.69, 9.17) is 19.6 Å². The molecule has 1 aromatic carbocycles. The van der Waals surface area contributed by atoms with Crippen LogP contribution >= 0.6 is 0 Å². The standard InChI is InChI=1S/C26H32N4O3.C2HF3O2/c27-12-2-1-6-23(31)29-13-14-30(18-26(17-29)10-11-26)24(25(32)28-21-4-3-5-21)20-7-8-22-19(16-20)9-15-33-22;3-2(4,5)1(6)7/h7-9,15-16,21,24H,1-6,10-11,13-14,17-18H2,(H,28,32);(H,6,7). The number of alkyl halides is 3. The molecule has 12 heteroatoms. The van der Waals surface area contributed by atoms with E-state index in [2.05, 4.69) is 22.4 Å². The molecular formula is C28H33F3N4O5. The number of nitrogens with zero attached hydrogens (tertiary/aromatic N) is 3. The fourth-order valence-corrected chi connectivity index (χ4v) is 5.21. The van der Waals surface area contributed by atoms with E-state index in [0.717, 1.165) is 55.3 Å². The molecule has 1 atom stereocenters. The minimum Gasteiger partial charge on any atom is -0.475 e. The predicted molar refractivity (Wildman–Crippen MR) is 138 cm³/mol. The summed E-state index contributed by atoms with van der Waals surface area (Å²) in [4.78, 5) is 39.6. The van der Waals surface area contributed by atoms with Crippen LogP contribution in [0, 0.1) is 16.7 Å². The number of benzene rings is 1. The van der Waals surface area contributed by atoms with Gasteiger partial charge in [-0.3, -0.25) is 14.5 Å². The number of halogens is 3. The van der Waals surface area contributed by atoms with E-state index in [9.17, 15) is 22.8 Å². The Morgan fingerprint density at radius 3 is 2.50 bits per heavy atom. The number of hydrogen-bond acceptors (Lipinski definition) is 6. The van der Waals surface area contributed by atoms with Crippen LogP contribution in [0.4, 0.5) is 13.2 Å². The van der Waals surface area contributed by atoms with Crippen LogP contribution in [0.2, 0.25) is 0 Å². The number of aliphatic carboxylic acids is 1. The normalized spacial score (nSPS) is 19.5. The van der Waals surface area contributed by atoms with Gasteiger partial charge < -0.3 is 19.7 Å². The second-order valence-corrected chi connectivity index (χ2v) is 10.9. The summed E-state index contributed by atoms with van der Waals surface area (Å²) in [6.45, 7) is 2.86. The van der Waals surface area contributed by atoms with Crippen molar-refractivity contribution >= 4 is 28.8 Å². The molecule has 1 unspecified atom stereocenters. The van der Waals surface area contributed by atoms with Crippen molar-refractivity contribution in [3.8, 4) is 6.07 Å². The first kappa shape index (κ1) is 29.4. The highest BCUT2D eigenvalue weighted by Gasteiger charge is 2.49. The molecule has 0 radical (unpaired) electrons. The first-order chi connectivity index (χ1) is 19.0. The third kappa shape index (κ3) is 7.33. The van der Waals surface area contributed by atoms with E-state index >= 15 is 0 Å². The van der Waals surface area contributed by atoms with Crippen LogP contribution in [0.1, 0.15) is 63.0 Å². The Morgan fingerprint density at radius 1 is 1.18 bits per heavy atom. The Labute approximate surface area is 229 Å². The number of carboxylic acid groups (broad SMARTS) is 1. The van der Waals surface area contributed by atoms with Crippen LogP contribution in [-0.2, 0) is 14.4 Å². The summed E-state index contributed by atoms with van der Waals surface area (Å²) in [6, 6.07) is 9.98. The molecule has 2 amide bonds. The molecule has 40 heavy (non-hydrogen) atoms. The zero-order valence-electron chi connectivity index (χ0n) is 22.1. The molecule has 5 rings (SSSR count). The number of rotatable bonds is 7. The maximum Gasteiger partial charge on any atom is 0.490 e. The lowest BCUT2D eigenvalue weighted by Crippen LogP contribution is -2.48. The van der Waals surface area contributed by atoms with Crippen LogP contribution in [0.25, 0.3) is 11.0 Å². The highest BCUT2D eigenvalue weighted by Crippen LogP contribution is 2.49. The van der Waals surface area contributed by atoms with Crippen LogP contribution in [0.5, 0.6) is 0 Å². The van der Waals surface area contributed by atoms with E-state index in [1.54, 1.807) is 6.26 Å². The van der Waals surface area contributed by atoms with E-state index in [-0.39, 0.29) is 29.3 Å². The minimum absolute atomic E-state index is 0.0622. The second kappa shape index (κ2) is 12.3. The zero-order valence-corrected chi connectivity index (χ0v) is 22.1. The number of nitriles is 1. The lowest BCUT2D eigenvalue weighted by Gasteiger charge is -2.34. The monoisotopic (exact) mass is 562 g/mol. The Morgan fingerprint density at radius 2 is 1.90 bits per heavy atom. The van der Waals surface area contributed by atoms with E-state index < -0.39 is 12.1 Å². The Hall–Kier alpha value is -3.59. The smallest absolute Gasteiger partial charge is 0.475 e. The van der Waals surface area contributed by atoms with Gasteiger partial charge in [0.15, 0.2) is 0 Å². The van der Waals surface area contributed by atoms with Gasteiger partial charge >= 0.3 is 12.1 Å². The Bertz CT molecular complexity index is 1260. The molecule has 3 fully saturated rings. The molecule has 2 heterocycles. The van der Waals surface area contributed by atoms with Gasteiger partial charge in [0.1, 0.15) is 11.6 Å². The largest absolute Gasteiger partial charge is 0.490 e. The SMILES string of the molecule is N#CCCCC(=O)N1CCN(C(C(=O)NC2CCC2)c2ccc3occc3c2)CC2(CC2)C1.O=C(O)C(F)(F)F. The number of carbonyl (C=O) groups is 3. The molecule has 3 aliphatic rings. The first-order valence-corrected chi connectivity index (χ1v) is 13.5. The number of carbonyl (C=O) groups excluding carboxylic acids is 2. The van der Waals surface area contributed by atoms with Crippen molar-refractivity contribution in [3.05, 3.63) is 36.1 Å². The number of amides is 2. The molecule has 2 saturated carbocycles. The van der Waals surface area contributed by atoms with E-state index in [1.165, 1.54) is 6.42 Å². The summed E-state index contributed by atoms with van der Waals surface area (Å²) in [5.74, 6) is -2.56. The minimum atomic E-state index is -5.08. The lowest BCUT2D eigenvalue weighted by molar-refractivity contribution is -0.192. The average Bonchev–Trinajstić information content (AvgIpc) is 3.52. The Balaban J connectivity index is 0.000000470. The summed E-state index contributed by atoms with van der Waals surface area (Å²) >= 11 is 0. The van der Waals surface area contributed by atoms with Crippen molar-refractivity contribution in [1.82, 2.24) is 15.1 Å². The van der Waals surface area contributed by atoms with Crippen molar-refractivity contribution in [1.29, 1.82) is 5.26 Å². The van der Waals surface area contributed by atoms with Gasteiger partial charge in [0.25, 0.3) is 0 Å². The lowest BCUT2D eigenvalue weighted by atomic mass is 9.92. The highest BCUT2D eigenvalue weighted by molar-refractivity contribution is 5.86. The fourth-order valence-electron chi connectivity index (χ4n) is 5.21. The molecule has 216 valence electrons. The average molecular weight is 563 g/mol. The quantitative estimate of drug-likeness (QED) is 0.479. The van der Waals surface area contributed by atoms with Crippen molar-refractivity contribution in [2.45, 2.75) is 69.6 Å². The van der Waals surface area contributed by atoms with E-state index in [0.29, 0.717) is 32.4 Å². The highest BCUT2D eigenvalue weighted by atomic mass is 19.4. The number of nitrogens with one attached hydrogen (secondary N) is 1. The third-order valence-electron chi connectivity index (χ3n) is 7.81. The third-order valence-corrected chi connectivity index (χ3v) is 7.81. The molecule has 9 nitrogen and oxygen atoms in total. The molecule has 2 aromatic rings. The maximum absolute atomic E-state index is 13.6. The van der Waals surface area contributed by atoms with Gasteiger partial charge in [-0.15, -0.1) is 0 Å². The Kier molecular flexibility index (Phi) is 9.03. The summed E-state index contributed by atoms with van der Waals surface area (Å²) in [5.41, 5.74) is 1.88. The van der Waals surface area contributed by atoms with Crippen molar-refractivity contribution in [3.63, 3.8) is 0 Å². The molecule has 2 N–H and O–H groups in total. The number of furan rings is 1. The van der Waals surface area contributed by atoms with Gasteiger partial charge in [-0.2, -0.15) is 18.4 Å². The molecule has 1 saturated heterocycles. The molecule has 1 aromatic heterocycles. The number of fused-ring (bicyclic) bond motifs is 1. The predicted octanol–water partition coefficient (Wildman–Crippen LogP) is 4.39.